The van der Waals surface area contributed by atoms with E-state index in [9.17, 15) is 9.18 Å². The van der Waals surface area contributed by atoms with Crippen LogP contribution in [-0.4, -0.2) is 30.8 Å². The molecule has 0 aromatic heterocycles. The van der Waals surface area contributed by atoms with Crippen molar-refractivity contribution in [3.63, 3.8) is 0 Å². The fourth-order valence-electron chi connectivity index (χ4n) is 3.24. The number of halogens is 1. The van der Waals surface area contributed by atoms with Crippen molar-refractivity contribution < 1.29 is 9.18 Å². The van der Waals surface area contributed by atoms with Crippen molar-refractivity contribution in [1.82, 2.24) is 4.90 Å². The number of hydrogen-bond donors (Lipinski definition) is 0. The zero-order valence-electron chi connectivity index (χ0n) is 14.9. The van der Waals surface area contributed by atoms with Gasteiger partial charge in [-0.1, -0.05) is 49.4 Å². The number of hydrogen-bond acceptors (Lipinski definition) is 2. The van der Waals surface area contributed by atoms with Crippen molar-refractivity contribution in [1.29, 1.82) is 0 Å². The highest BCUT2D eigenvalue weighted by Gasteiger charge is 2.42. The zero-order valence-corrected chi connectivity index (χ0v) is 14.9. The molecule has 0 heterocycles. The molecule has 0 aliphatic carbocycles. The minimum Gasteiger partial charge on any atom is -0.307 e. The minimum absolute atomic E-state index is 0.119. The van der Waals surface area contributed by atoms with Crippen LogP contribution in [0.15, 0.2) is 54.6 Å². The maximum atomic E-state index is 14.0. The highest BCUT2D eigenvalue weighted by atomic mass is 19.1. The SMILES string of the molecule is CCC(=O)C(C[C@H](C)N(C)C)(c1ccccc1)c1cccc(F)c1. The molecule has 128 valence electrons. The summed E-state index contributed by atoms with van der Waals surface area (Å²) in [6, 6.07) is 16.4. The molecule has 0 N–H and O–H groups in total. The molecule has 0 saturated heterocycles. The van der Waals surface area contributed by atoms with E-state index in [2.05, 4.69) is 11.8 Å². The van der Waals surface area contributed by atoms with E-state index in [0.29, 0.717) is 12.8 Å². The predicted octanol–water partition coefficient (Wildman–Crippen LogP) is 4.43. The average Bonchev–Trinajstić information content (AvgIpc) is 2.59. The van der Waals surface area contributed by atoms with Crippen LogP contribution in [0.4, 0.5) is 4.39 Å². The summed E-state index contributed by atoms with van der Waals surface area (Å²) in [6.45, 7) is 3.97. The van der Waals surface area contributed by atoms with Gasteiger partial charge in [0.2, 0.25) is 0 Å². The first kappa shape index (κ1) is 18.3. The molecular formula is C21H26FNO. The largest absolute Gasteiger partial charge is 0.307 e. The van der Waals surface area contributed by atoms with Gasteiger partial charge in [-0.15, -0.1) is 0 Å². The number of carbonyl (C=O) groups excluding carboxylic acids is 1. The molecule has 2 rings (SSSR count). The number of carbonyl (C=O) groups is 1. The summed E-state index contributed by atoms with van der Waals surface area (Å²) >= 11 is 0. The van der Waals surface area contributed by atoms with E-state index in [0.717, 1.165) is 11.1 Å². The molecule has 3 heteroatoms. The van der Waals surface area contributed by atoms with Gasteiger partial charge in [-0.25, -0.2) is 4.39 Å². The van der Waals surface area contributed by atoms with Crippen molar-refractivity contribution in [2.45, 2.75) is 38.1 Å². The third kappa shape index (κ3) is 3.57. The second-order valence-electron chi connectivity index (χ2n) is 6.58. The summed E-state index contributed by atoms with van der Waals surface area (Å²) in [4.78, 5) is 15.3. The van der Waals surface area contributed by atoms with Gasteiger partial charge in [-0.3, -0.25) is 4.79 Å². The van der Waals surface area contributed by atoms with E-state index < -0.39 is 5.41 Å². The van der Waals surface area contributed by atoms with Crippen molar-refractivity contribution >= 4 is 5.78 Å². The van der Waals surface area contributed by atoms with Crippen molar-refractivity contribution in [3.8, 4) is 0 Å². The second-order valence-corrected chi connectivity index (χ2v) is 6.58. The molecule has 0 aliphatic heterocycles. The van der Waals surface area contributed by atoms with Crippen molar-refractivity contribution in [2.24, 2.45) is 0 Å². The van der Waals surface area contributed by atoms with E-state index in [1.165, 1.54) is 12.1 Å². The summed E-state index contributed by atoms with van der Waals surface area (Å²) in [7, 11) is 4.00. The van der Waals surface area contributed by atoms with Crippen LogP contribution in [0.1, 0.15) is 37.8 Å². The number of nitrogens with zero attached hydrogens (tertiary/aromatic N) is 1. The fraction of sp³-hybridized carbons (Fsp3) is 0.381. The molecule has 0 aliphatic rings. The Morgan fingerprint density at radius 3 is 2.25 bits per heavy atom. The average molecular weight is 327 g/mol. The first-order valence-corrected chi connectivity index (χ1v) is 8.43. The van der Waals surface area contributed by atoms with Gasteiger partial charge in [0.05, 0.1) is 5.41 Å². The van der Waals surface area contributed by atoms with E-state index in [4.69, 9.17) is 0 Å². The molecule has 0 radical (unpaired) electrons. The quantitative estimate of drug-likeness (QED) is 0.750. The number of Topliss-reactive ketones (excluding diaryl/α,β-unsaturated/α-hetero) is 1. The molecular weight excluding hydrogens is 301 g/mol. The van der Waals surface area contributed by atoms with Crippen LogP contribution in [0.5, 0.6) is 0 Å². The van der Waals surface area contributed by atoms with Gasteiger partial charge in [-0.2, -0.15) is 0 Å². The molecule has 0 bridgehead atoms. The van der Waals surface area contributed by atoms with Gasteiger partial charge < -0.3 is 4.90 Å². The van der Waals surface area contributed by atoms with Crippen LogP contribution in [-0.2, 0) is 10.2 Å². The summed E-state index contributed by atoms with van der Waals surface area (Å²) in [5.74, 6) is -0.192. The van der Waals surface area contributed by atoms with E-state index in [1.54, 1.807) is 6.07 Å². The highest BCUT2D eigenvalue weighted by molar-refractivity contribution is 5.93. The number of ketones is 1. The molecule has 0 amide bonds. The molecule has 0 fully saturated rings. The zero-order chi connectivity index (χ0) is 17.7. The summed E-state index contributed by atoms with van der Waals surface area (Å²) in [5, 5.41) is 0. The predicted molar refractivity (Wildman–Crippen MR) is 96.7 cm³/mol. The third-order valence-corrected chi connectivity index (χ3v) is 4.86. The van der Waals surface area contributed by atoms with Crippen LogP contribution in [0.25, 0.3) is 0 Å². The van der Waals surface area contributed by atoms with Crippen LogP contribution in [0.2, 0.25) is 0 Å². The van der Waals surface area contributed by atoms with Crippen LogP contribution >= 0.6 is 0 Å². The Labute approximate surface area is 144 Å². The standard InChI is InChI=1S/C21H26FNO/c1-5-20(24)21(15-16(2)23(3)4,17-10-7-6-8-11-17)18-12-9-13-19(22)14-18/h6-14,16H,5,15H2,1-4H3/t16-,21?/m0/s1. The molecule has 2 atom stereocenters. The molecule has 0 saturated carbocycles. The van der Waals surface area contributed by atoms with Gasteiger partial charge in [0.1, 0.15) is 11.6 Å². The van der Waals surface area contributed by atoms with Gasteiger partial charge in [0.15, 0.2) is 0 Å². The Hall–Kier alpha value is -2.00. The Balaban J connectivity index is 2.71. The Bertz CT molecular complexity index is 683. The lowest BCUT2D eigenvalue weighted by atomic mass is 9.67. The summed E-state index contributed by atoms with van der Waals surface area (Å²) in [6.07, 6.45) is 1.02. The van der Waals surface area contributed by atoms with Gasteiger partial charge in [0, 0.05) is 12.5 Å². The Morgan fingerprint density at radius 2 is 1.71 bits per heavy atom. The van der Waals surface area contributed by atoms with E-state index in [-0.39, 0.29) is 17.6 Å². The number of rotatable bonds is 7. The maximum Gasteiger partial charge on any atom is 0.147 e. The highest BCUT2D eigenvalue weighted by Crippen LogP contribution is 2.39. The Kier molecular flexibility index (Phi) is 5.89. The maximum absolute atomic E-state index is 14.0. The van der Waals surface area contributed by atoms with Crippen LogP contribution in [0, 0.1) is 5.82 Å². The fourth-order valence-corrected chi connectivity index (χ4v) is 3.24. The third-order valence-electron chi connectivity index (χ3n) is 4.86. The minimum atomic E-state index is -0.832. The van der Waals surface area contributed by atoms with E-state index >= 15 is 0 Å². The molecule has 2 aromatic carbocycles. The Morgan fingerprint density at radius 1 is 1.08 bits per heavy atom. The van der Waals surface area contributed by atoms with Gasteiger partial charge >= 0.3 is 0 Å². The van der Waals surface area contributed by atoms with Crippen LogP contribution in [0.3, 0.4) is 0 Å². The number of benzene rings is 2. The lowest BCUT2D eigenvalue weighted by Crippen LogP contribution is -2.43. The smallest absolute Gasteiger partial charge is 0.147 e. The van der Waals surface area contributed by atoms with E-state index in [1.807, 2.05) is 57.4 Å². The summed E-state index contributed by atoms with van der Waals surface area (Å²) in [5.41, 5.74) is 0.826. The molecule has 24 heavy (non-hydrogen) atoms. The monoisotopic (exact) mass is 327 g/mol. The normalized spacial score (nSPS) is 15.1. The van der Waals surface area contributed by atoms with Gasteiger partial charge in [-0.05, 0) is 50.7 Å². The molecule has 0 spiro atoms. The molecule has 2 aromatic rings. The lowest BCUT2D eigenvalue weighted by Gasteiger charge is -2.37. The van der Waals surface area contributed by atoms with Crippen molar-refractivity contribution in [2.75, 3.05) is 14.1 Å². The van der Waals surface area contributed by atoms with Crippen LogP contribution < -0.4 is 0 Å². The second kappa shape index (κ2) is 7.71. The first-order chi connectivity index (χ1) is 11.4. The molecule has 1 unspecified atom stereocenters. The topological polar surface area (TPSA) is 20.3 Å². The van der Waals surface area contributed by atoms with Gasteiger partial charge in [0.25, 0.3) is 0 Å². The summed E-state index contributed by atoms with van der Waals surface area (Å²) < 4.78 is 14.0. The lowest BCUT2D eigenvalue weighted by molar-refractivity contribution is -0.123. The molecule has 2 nitrogen and oxygen atoms in total. The first-order valence-electron chi connectivity index (χ1n) is 8.43. The van der Waals surface area contributed by atoms with Crippen molar-refractivity contribution in [3.05, 3.63) is 71.5 Å².